The Kier molecular flexibility index (Phi) is 5.56. The summed E-state index contributed by atoms with van der Waals surface area (Å²) in [4.78, 5) is 35.6. The molecule has 0 atom stereocenters. The van der Waals surface area contributed by atoms with Crippen LogP contribution in [0.25, 0.3) is 0 Å². The highest BCUT2D eigenvalue weighted by atomic mass is 35.5. The Bertz CT molecular complexity index is 1120. The number of nitro groups is 1. The normalized spacial score (nSPS) is 10.5. The van der Waals surface area contributed by atoms with Gasteiger partial charge in [-0.05, 0) is 48.4 Å². The van der Waals surface area contributed by atoms with Gasteiger partial charge in [0, 0.05) is 29.0 Å². The molecule has 0 unspecified atom stereocenters. The second-order valence-electron chi connectivity index (χ2n) is 6.20. The molecule has 8 heteroatoms. The van der Waals surface area contributed by atoms with Gasteiger partial charge in [-0.3, -0.25) is 19.7 Å². The molecule has 1 amide bonds. The first-order valence-electron chi connectivity index (χ1n) is 8.35. The lowest BCUT2D eigenvalue weighted by Gasteiger charge is -2.10. The third-order valence-corrected chi connectivity index (χ3v) is 4.41. The average Bonchev–Trinajstić information content (AvgIpc) is 2.65. The number of carbonyl (C=O) groups is 1. The number of hydrogen-bond acceptors (Lipinski definition) is 4. The standard InChI is InChI=1S/C20H16ClN3O4/c1-13-10-16(24(27)28)7-8-18(13)22-19(25)17-6-3-9-23(20(17)26)12-14-4-2-5-15(21)11-14/h2-11H,12H2,1H3,(H,22,25). The minimum absolute atomic E-state index is 0.0257. The van der Waals surface area contributed by atoms with Crippen molar-refractivity contribution >= 4 is 28.9 Å². The van der Waals surface area contributed by atoms with E-state index in [-0.39, 0.29) is 17.8 Å². The number of non-ortho nitro benzene ring substituents is 1. The van der Waals surface area contributed by atoms with Crippen LogP contribution in [0.15, 0.2) is 65.6 Å². The predicted molar refractivity (Wildman–Crippen MR) is 107 cm³/mol. The van der Waals surface area contributed by atoms with Crippen molar-refractivity contribution < 1.29 is 9.72 Å². The topological polar surface area (TPSA) is 94.2 Å². The number of pyridine rings is 1. The van der Waals surface area contributed by atoms with Crippen LogP contribution in [0.4, 0.5) is 11.4 Å². The Hall–Kier alpha value is -3.45. The van der Waals surface area contributed by atoms with Gasteiger partial charge in [0.2, 0.25) is 0 Å². The smallest absolute Gasteiger partial charge is 0.269 e. The third kappa shape index (κ3) is 4.27. The van der Waals surface area contributed by atoms with Gasteiger partial charge in [0.1, 0.15) is 5.56 Å². The van der Waals surface area contributed by atoms with Gasteiger partial charge in [0.05, 0.1) is 11.5 Å². The molecule has 0 fully saturated rings. The van der Waals surface area contributed by atoms with E-state index in [0.29, 0.717) is 16.3 Å². The summed E-state index contributed by atoms with van der Waals surface area (Å²) in [6, 6.07) is 14.3. The van der Waals surface area contributed by atoms with Crippen LogP contribution in [-0.2, 0) is 6.54 Å². The number of hydrogen-bond donors (Lipinski definition) is 1. The molecule has 1 N–H and O–H groups in total. The van der Waals surface area contributed by atoms with Gasteiger partial charge in [-0.1, -0.05) is 23.7 Å². The highest BCUT2D eigenvalue weighted by molar-refractivity contribution is 6.30. The molecule has 2 aromatic carbocycles. The van der Waals surface area contributed by atoms with E-state index in [4.69, 9.17) is 11.6 Å². The molecule has 0 saturated carbocycles. The minimum Gasteiger partial charge on any atom is -0.322 e. The number of nitro benzene ring substituents is 1. The lowest BCUT2D eigenvalue weighted by Crippen LogP contribution is -2.29. The molecule has 3 rings (SSSR count). The van der Waals surface area contributed by atoms with Crippen molar-refractivity contribution in [2.75, 3.05) is 5.32 Å². The Morgan fingerprint density at radius 3 is 2.64 bits per heavy atom. The van der Waals surface area contributed by atoms with E-state index in [1.54, 1.807) is 37.4 Å². The fraction of sp³-hybridized carbons (Fsp3) is 0.100. The van der Waals surface area contributed by atoms with E-state index >= 15 is 0 Å². The van der Waals surface area contributed by atoms with Crippen LogP contribution in [0.5, 0.6) is 0 Å². The Labute approximate surface area is 165 Å². The van der Waals surface area contributed by atoms with Crippen LogP contribution in [0.2, 0.25) is 5.02 Å². The summed E-state index contributed by atoms with van der Waals surface area (Å²) in [7, 11) is 0. The number of carbonyl (C=O) groups excluding carboxylic acids is 1. The molecule has 3 aromatic rings. The molecule has 142 valence electrons. The zero-order valence-electron chi connectivity index (χ0n) is 14.9. The molecule has 7 nitrogen and oxygen atoms in total. The molecule has 0 saturated heterocycles. The van der Waals surface area contributed by atoms with E-state index < -0.39 is 16.4 Å². The first-order valence-corrected chi connectivity index (χ1v) is 8.73. The number of aryl methyl sites for hydroxylation is 1. The van der Waals surface area contributed by atoms with Crippen molar-refractivity contribution in [1.82, 2.24) is 4.57 Å². The number of benzene rings is 2. The van der Waals surface area contributed by atoms with Crippen LogP contribution in [-0.4, -0.2) is 15.4 Å². The van der Waals surface area contributed by atoms with Crippen molar-refractivity contribution in [2.45, 2.75) is 13.5 Å². The predicted octanol–water partition coefficient (Wildman–Crippen LogP) is 4.02. The second kappa shape index (κ2) is 8.06. The SMILES string of the molecule is Cc1cc([N+](=O)[O-])ccc1NC(=O)c1cccn(Cc2cccc(Cl)c2)c1=O. The van der Waals surface area contributed by atoms with Gasteiger partial charge in [0.25, 0.3) is 17.2 Å². The van der Waals surface area contributed by atoms with Crippen molar-refractivity contribution in [1.29, 1.82) is 0 Å². The molecular formula is C20H16ClN3O4. The summed E-state index contributed by atoms with van der Waals surface area (Å²) in [6.45, 7) is 1.92. The maximum absolute atomic E-state index is 12.7. The summed E-state index contributed by atoms with van der Waals surface area (Å²) in [5, 5.41) is 14.0. The molecule has 0 radical (unpaired) electrons. The summed E-state index contributed by atoms with van der Waals surface area (Å²) >= 11 is 5.97. The van der Waals surface area contributed by atoms with Crippen molar-refractivity contribution in [3.63, 3.8) is 0 Å². The van der Waals surface area contributed by atoms with Crippen LogP contribution < -0.4 is 10.9 Å². The van der Waals surface area contributed by atoms with Crippen LogP contribution in [0.1, 0.15) is 21.5 Å². The van der Waals surface area contributed by atoms with Gasteiger partial charge in [-0.25, -0.2) is 0 Å². The first kappa shape index (κ1) is 19.3. The number of amides is 1. The number of nitrogens with zero attached hydrogens (tertiary/aromatic N) is 2. The molecule has 0 aliphatic rings. The third-order valence-electron chi connectivity index (χ3n) is 4.18. The summed E-state index contributed by atoms with van der Waals surface area (Å²) in [6.07, 6.45) is 1.59. The number of rotatable bonds is 5. The minimum atomic E-state index is -0.581. The molecule has 0 bridgehead atoms. The lowest BCUT2D eigenvalue weighted by atomic mass is 10.1. The number of nitrogens with one attached hydrogen (secondary N) is 1. The molecule has 28 heavy (non-hydrogen) atoms. The zero-order valence-corrected chi connectivity index (χ0v) is 15.6. The maximum atomic E-state index is 12.7. The van der Waals surface area contributed by atoms with E-state index in [2.05, 4.69) is 5.32 Å². The molecule has 1 heterocycles. The zero-order chi connectivity index (χ0) is 20.3. The van der Waals surface area contributed by atoms with E-state index in [1.807, 2.05) is 6.07 Å². The summed E-state index contributed by atoms with van der Waals surface area (Å²) < 4.78 is 1.42. The number of anilines is 1. The van der Waals surface area contributed by atoms with Gasteiger partial charge in [-0.15, -0.1) is 0 Å². The number of halogens is 1. The van der Waals surface area contributed by atoms with Gasteiger partial charge in [0.15, 0.2) is 0 Å². The van der Waals surface area contributed by atoms with Crippen LogP contribution in [0.3, 0.4) is 0 Å². The van der Waals surface area contributed by atoms with E-state index in [9.17, 15) is 19.7 Å². The Balaban J connectivity index is 1.85. The Morgan fingerprint density at radius 1 is 1.18 bits per heavy atom. The molecular weight excluding hydrogens is 382 g/mol. The maximum Gasteiger partial charge on any atom is 0.269 e. The summed E-state index contributed by atoms with van der Waals surface area (Å²) in [5.74, 6) is -0.581. The Morgan fingerprint density at radius 2 is 1.96 bits per heavy atom. The first-order chi connectivity index (χ1) is 13.3. The van der Waals surface area contributed by atoms with Gasteiger partial charge >= 0.3 is 0 Å². The molecule has 1 aromatic heterocycles. The van der Waals surface area contributed by atoms with E-state index in [0.717, 1.165) is 5.56 Å². The second-order valence-corrected chi connectivity index (χ2v) is 6.63. The van der Waals surface area contributed by atoms with Crippen LogP contribution in [0, 0.1) is 17.0 Å². The van der Waals surface area contributed by atoms with Crippen molar-refractivity contribution in [3.05, 3.63) is 103 Å². The van der Waals surface area contributed by atoms with Crippen LogP contribution >= 0.6 is 11.6 Å². The quantitative estimate of drug-likeness (QED) is 0.519. The molecule has 0 aliphatic heterocycles. The van der Waals surface area contributed by atoms with Crippen molar-refractivity contribution in [2.24, 2.45) is 0 Å². The van der Waals surface area contributed by atoms with E-state index in [1.165, 1.54) is 28.8 Å². The molecule has 0 spiro atoms. The fourth-order valence-electron chi connectivity index (χ4n) is 2.76. The largest absolute Gasteiger partial charge is 0.322 e. The lowest BCUT2D eigenvalue weighted by molar-refractivity contribution is -0.384. The summed E-state index contributed by atoms with van der Waals surface area (Å²) in [5.41, 5.74) is 1.22. The highest BCUT2D eigenvalue weighted by Crippen LogP contribution is 2.21. The fourth-order valence-corrected chi connectivity index (χ4v) is 2.97. The monoisotopic (exact) mass is 397 g/mol. The average molecular weight is 398 g/mol. The van der Waals surface area contributed by atoms with Gasteiger partial charge in [-0.2, -0.15) is 0 Å². The van der Waals surface area contributed by atoms with Gasteiger partial charge < -0.3 is 9.88 Å². The number of aromatic nitrogens is 1. The molecule has 0 aliphatic carbocycles. The van der Waals surface area contributed by atoms with Crippen molar-refractivity contribution in [3.8, 4) is 0 Å². The highest BCUT2D eigenvalue weighted by Gasteiger charge is 2.15.